The Hall–Kier alpha value is -1.05. The molecule has 0 atom stereocenters. The first-order valence-electron chi connectivity index (χ1n) is 5.78. The maximum Gasteiger partial charge on any atom is 0.321 e. The van der Waals surface area contributed by atoms with E-state index in [1.807, 2.05) is 0 Å². The first kappa shape index (κ1) is 17.0. The summed E-state index contributed by atoms with van der Waals surface area (Å²) < 4.78 is 24.6. The highest BCUT2D eigenvalue weighted by atomic mass is 35.5. The lowest BCUT2D eigenvalue weighted by atomic mass is 10.3. The Morgan fingerprint density at radius 1 is 1.55 bits per heavy atom. The second kappa shape index (κ2) is 8.28. The van der Waals surface area contributed by atoms with Crippen LogP contribution in [0.1, 0.15) is 0 Å². The molecular formula is C12H15ClF2N2O2S. The third-order valence-corrected chi connectivity index (χ3v) is 3.92. The van der Waals surface area contributed by atoms with Gasteiger partial charge in [0.15, 0.2) is 0 Å². The van der Waals surface area contributed by atoms with Crippen LogP contribution in [0.2, 0.25) is 5.02 Å². The molecule has 2 N–H and O–H groups in total. The van der Waals surface area contributed by atoms with Crippen molar-refractivity contribution in [1.82, 2.24) is 4.90 Å². The number of halogens is 3. The fourth-order valence-corrected chi connectivity index (χ4v) is 2.47. The average molecular weight is 325 g/mol. The lowest BCUT2D eigenvalue weighted by Gasteiger charge is -2.18. The number of thioether (sulfide) groups is 1. The number of aliphatic hydroxyl groups is 1. The number of carbonyl (C=O) groups excluding carboxylic acids is 1. The number of likely N-dealkylation sites (N-methyl/N-ethyl adjacent to an activating group) is 1. The zero-order chi connectivity index (χ0) is 15.1. The molecule has 4 nitrogen and oxygen atoms in total. The molecule has 112 valence electrons. The van der Waals surface area contributed by atoms with Crippen molar-refractivity contribution >= 4 is 35.1 Å². The molecule has 0 unspecified atom stereocenters. The van der Waals surface area contributed by atoms with Gasteiger partial charge in [0.05, 0.1) is 23.1 Å². The van der Waals surface area contributed by atoms with Gasteiger partial charge in [0.25, 0.3) is 0 Å². The van der Waals surface area contributed by atoms with Crippen LogP contribution >= 0.6 is 23.4 Å². The number of aliphatic hydroxyl groups excluding tert-OH is 1. The summed E-state index contributed by atoms with van der Waals surface area (Å²) in [5.41, 5.74) is 0.373. The quantitative estimate of drug-likeness (QED) is 0.790. The second-order valence-corrected chi connectivity index (χ2v) is 5.33. The highest BCUT2D eigenvalue weighted by molar-refractivity contribution is 7.99. The van der Waals surface area contributed by atoms with Crippen LogP contribution in [-0.4, -0.2) is 48.4 Å². The molecule has 1 aromatic carbocycles. The van der Waals surface area contributed by atoms with E-state index >= 15 is 0 Å². The summed E-state index contributed by atoms with van der Waals surface area (Å²) in [4.78, 5) is 13.5. The lowest BCUT2D eigenvalue weighted by molar-refractivity contribution is 0.177. The van der Waals surface area contributed by atoms with Gasteiger partial charge in [-0.05, 0) is 12.1 Å². The highest BCUT2D eigenvalue weighted by Gasteiger charge is 2.15. The number of nitrogens with zero attached hydrogens (tertiary/aromatic N) is 1. The van der Waals surface area contributed by atoms with E-state index in [2.05, 4.69) is 5.32 Å². The zero-order valence-electron chi connectivity index (χ0n) is 10.8. The van der Waals surface area contributed by atoms with E-state index in [4.69, 9.17) is 16.7 Å². The molecule has 0 aliphatic rings. The summed E-state index contributed by atoms with van der Waals surface area (Å²) in [7, 11) is 1.52. The third-order valence-electron chi connectivity index (χ3n) is 2.34. The molecular weight excluding hydrogens is 310 g/mol. The maximum absolute atomic E-state index is 12.3. The number of rotatable bonds is 6. The molecule has 0 aromatic heterocycles. The molecule has 20 heavy (non-hydrogen) atoms. The highest BCUT2D eigenvalue weighted by Crippen LogP contribution is 2.35. The van der Waals surface area contributed by atoms with Gasteiger partial charge < -0.3 is 15.3 Å². The van der Waals surface area contributed by atoms with Gasteiger partial charge in [-0.2, -0.15) is 0 Å². The molecule has 8 heteroatoms. The Morgan fingerprint density at radius 3 is 2.85 bits per heavy atom. The van der Waals surface area contributed by atoms with E-state index in [1.54, 1.807) is 18.2 Å². The van der Waals surface area contributed by atoms with Crippen LogP contribution in [-0.2, 0) is 0 Å². The van der Waals surface area contributed by atoms with Crippen molar-refractivity contribution in [1.29, 1.82) is 0 Å². The molecule has 1 aromatic rings. The first-order chi connectivity index (χ1) is 9.45. The summed E-state index contributed by atoms with van der Waals surface area (Å²) in [5.74, 6) is -0.404. The Labute approximate surface area is 125 Å². The van der Waals surface area contributed by atoms with Gasteiger partial charge in [0, 0.05) is 18.5 Å². The number of nitrogens with one attached hydrogen (secondary N) is 1. The first-order valence-corrected chi connectivity index (χ1v) is 7.14. The van der Waals surface area contributed by atoms with Gasteiger partial charge in [-0.1, -0.05) is 17.7 Å². The van der Waals surface area contributed by atoms with Crippen molar-refractivity contribution in [3.63, 3.8) is 0 Å². The summed E-state index contributed by atoms with van der Waals surface area (Å²) in [6.45, 7) is 0.0123. The smallest absolute Gasteiger partial charge is 0.321 e. The number of hydrogen-bond acceptors (Lipinski definition) is 3. The minimum absolute atomic E-state index is 0.160. The molecule has 0 spiro atoms. The van der Waals surface area contributed by atoms with Gasteiger partial charge in [0.2, 0.25) is 6.43 Å². The number of amides is 2. The number of urea groups is 1. The summed E-state index contributed by atoms with van der Waals surface area (Å²) in [6, 6.07) is 4.34. The molecule has 0 heterocycles. The predicted molar refractivity (Wildman–Crippen MR) is 76.9 cm³/mol. The number of carbonyl (C=O) groups is 1. The number of anilines is 1. The number of alkyl halides is 2. The Balaban J connectivity index is 2.83. The van der Waals surface area contributed by atoms with Gasteiger partial charge in [0.1, 0.15) is 0 Å². The minimum Gasteiger partial charge on any atom is -0.395 e. The normalized spacial score (nSPS) is 10.7. The van der Waals surface area contributed by atoms with E-state index in [0.29, 0.717) is 15.6 Å². The second-order valence-electron chi connectivity index (χ2n) is 3.89. The minimum atomic E-state index is -2.46. The van der Waals surface area contributed by atoms with Gasteiger partial charge in [-0.3, -0.25) is 0 Å². The van der Waals surface area contributed by atoms with E-state index < -0.39 is 18.2 Å². The number of hydrogen-bond donors (Lipinski definition) is 2. The van der Waals surface area contributed by atoms with Crippen molar-refractivity contribution in [2.75, 3.05) is 31.3 Å². The SMILES string of the molecule is CN(CCO)C(=O)Nc1cccc(Cl)c1SCC(F)F. The molecule has 2 amide bonds. The standard InChI is InChI=1S/C12H15ClF2N2O2S/c1-17(5-6-18)12(19)16-9-4-2-3-8(13)11(9)20-7-10(14)15/h2-4,10,18H,5-7H2,1H3,(H,16,19). The van der Waals surface area contributed by atoms with Crippen LogP contribution in [0.3, 0.4) is 0 Å². The molecule has 0 fully saturated rings. The Morgan fingerprint density at radius 2 is 2.25 bits per heavy atom. The Kier molecular flexibility index (Phi) is 7.04. The van der Waals surface area contributed by atoms with Crippen LogP contribution in [0.5, 0.6) is 0 Å². The largest absolute Gasteiger partial charge is 0.395 e. The van der Waals surface area contributed by atoms with Gasteiger partial charge in [-0.15, -0.1) is 11.8 Å². The van der Waals surface area contributed by atoms with Crippen molar-refractivity contribution in [3.05, 3.63) is 23.2 Å². The number of benzene rings is 1. The molecule has 0 saturated carbocycles. The van der Waals surface area contributed by atoms with E-state index in [9.17, 15) is 13.6 Å². The van der Waals surface area contributed by atoms with Crippen LogP contribution < -0.4 is 5.32 Å². The van der Waals surface area contributed by atoms with Gasteiger partial charge >= 0.3 is 6.03 Å². The van der Waals surface area contributed by atoms with Crippen molar-refractivity contribution in [2.45, 2.75) is 11.3 Å². The van der Waals surface area contributed by atoms with Crippen molar-refractivity contribution in [3.8, 4) is 0 Å². The summed E-state index contributed by atoms with van der Waals surface area (Å²) in [6.07, 6.45) is -2.46. The van der Waals surface area contributed by atoms with E-state index in [1.165, 1.54) is 11.9 Å². The van der Waals surface area contributed by atoms with Crippen LogP contribution in [0.15, 0.2) is 23.1 Å². The van der Waals surface area contributed by atoms with Crippen LogP contribution in [0, 0.1) is 0 Å². The molecule has 0 aliphatic heterocycles. The zero-order valence-corrected chi connectivity index (χ0v) is 12.3. The maximum atomic E-state index is 12.3. The van der Waals surface area contributed by atoms with Gasteiger partial charge in [-0.25, -0.2) is 13.6 Å². The average Bonchev–Trinajstić information content (AvgIpc) is 2.38. The predicted octanol–water partition coefficient (Wildman–Crippen LogP) is 3.15. The lowest BCUT2D eigenvalue weighted by Crippen LogP contribution is -2.33. The topological polar surface area (TPSA) is 52.6 Å². The summed E-state index contributed by atoms with van der Waals surface area (Å²) in [5, 5.41) is 11.7. The molecule has 0 aliphatic carbocycles. The molecule has 0 radical (unpaired) electrons. The fraction of sp³-hybridized carbons (Fsp3) is 0.417. The molecule has 1 rings (SSSR count). The Bertz CT molecular complexity index is 463. The van der Waals surface area contributed by atoms with Crippen molar-refractivity contribution < 1.29 is 18.7 Å². The molecule has 0 saturated heterocycles. The van der Waals surface area contributed by atoms with Crippen LogP contribution in [0.25, 0.3) is 0 Å². The third kappa shape index (κ3) is 5.15. The van der Waals surface area contributed by atoms with E-state index in [0.717, 1.165) is 11.8 Å². The summed E-state index contributed by atoms with van der Waals surface area (Å²) >= 11 is 6.85. The molecule has 0 bridgehead atoms. The van der Waals surface area contributed by atoms with Crippen molar-refractivity contribution in [2.24, 2.45) is 0 Å². The van der Waals surface area contributed by atoms with Crippen LogP contribution in [0.4, 0.5) is 19.3 Å². The monoisotopic (exact) mass is 324 g/mol. The van der Waals surface area contributed by atoms with E-state index in [-0.39, 0.29) is 13.2 Å². The fourth-order valence-electron chi connectivity index (χ4n) is 1.36.